The number of hydrogen-bond acceptors (Lipinski definition) is 3. The van der Waals surface area contributed by atoms with Crippen molar-refractivity contribution in [3.8, 4) is 0 Å². The molecule has 0 aliphatic heterocycles. The second kappa shape index (κ2) is 5.48. The summed E-state index contributed by atoms with van der Waals surface area (Å²) in [6, 6.07) is 8.02. The van der Waals surface area contributed by atoms with E-state index in [2.05, 4.69) is 42.5 Å². The van der Waals surface area contributed by atoms with Gasteiger partial charge in [-0.05, 0) is 42.2 Å². The number of hydrogen-bond donors (Lipinski definition) is 2. The molecule has 0 bridgehead atoms. The Kier molecular flexibility index (Phi) is 3.97. The maximum atomic E-state index is 6.16. The average Bonchev–Trinajstić information content (AvgIpc) is 2.37. The van der Waals surface area contributed by atoms with Gasteiger partial charge in [0.05, 0.1) is 11.1 Å². The third kappa shape index (κ3) is 2.53. The Balaban J connectivity index is 2.45. The number of benzene rings is 1. The molecule has 0 fully saturated rings. The fraction of sp³-hybridized carbons (Fsp3) is 0.214. The minimum atomic E-state index is -0.125. The van der Waals surface area contributed by atoms with Crippen molar-refractivity contribution in [2.24, 2.45) is 5.84 Å². The van der Waals surface area contributed by atoms with Crippen molar-refractivity contribution in [2.45, 2.75) is 19.9 Å². The number of aryl methyl sites for hydroxylation is 2. The van der Waals surface area contributed by atoms with Gasteiger partial charge in [0, 0.05) is 12.4 Å². The predicted octanol–water partition coefficient (Wildman–Crippen LogP) is 2.90. The molecule has 0 saturated carbocycles. The quantitative estimate of drug-likeness (QED) is 0.660. The topological polar surface area (TPSA) is 50.9 Å². The summed E-state index contributed by atoms with van der Waals surface area (Å²) in [6.45, 7) is 4.17. The lowest BCUT2D eigenvalue weighted by Crippen LogP contribution is -2.29. The van der Waals surface area contributed by atoms with E-state index in [0.717, 1.165) is 11.1 Å². The lowest BCUT2D eigenvalue weighted by atomic mass is 9.97. The van der Waals surface area contributed by atoms with Gasteiger partial charge in [-0.1, -0.05) is 29.8 Å². The minimum Gasteiger partial charge on any atom is -0.271 e. The molecule has 3 N–H and O–H groups in total. The van der Waals surface area contributed by atoms with Gasteiger partial charge in [0.25, 0.3) is 0 Å². The van der Waals surface area contributed by atoms with Crippen LogP contribution in [0.2, 0.25) is 5.02 Å². The molecular formula is C14H16ClN3. The van der Waals surface area contributed by atoms with Crippen molar-refractivity contribution in [1.29, 1.82) is 0 Å². The van der Waals surface area contributed by atoms with Gasteiger partial charge < -0.3 is 0 Å². The van der Waals surface area contributed by atoms with Crippen LogP contribution in [0, 0.1) is 13.8 Å². The first kappa shape index (κ1) is 13.0. The Morgan fingerprint density at radius 3 is 2.61 bits per heavy atom. The molecule has 3 nitrogen and oxygen atoms in total. The Morgan fingerprint density at radius 2 is 2.00 bits per heavy atom. The number of nitrogens with zero attached hydrogens (tertiary/aromatic N) is 1. The Morgan fingerprint density at radius 1 is 1.22 bits per heavy atom. The van der Waals surface area contributed by atoms with E-state index < -0.39 is 0 Å². The van der Waals surface area contributed by atoms with Crippen LogP contribution in [0.1, 0.15) is 28.3 Å². The maximum absolute atomic E-state index is 6.16. The lowest BCUT2D eigenvalue weighted by molar-refractivity contribution is 0.636. The van der Waals surface area contributed by atoms with Gasteiger partial charge in [-0.15, -0.1) is 0 Å². The molecule has 0 amide bonds. The van der Waals surface area contributed by atoms with Crippen molar-refractivity contribution in [3.05, 3.63) is 63.9 Å². The van der Waals surface area contributed by atoms with E-state index in [1.54, 1.807) is 12.4 Å². The van der Waals surface area contributed by atoms with Gasteiger partial charge >= 0.3 is 0 Å². The molecule has 2 rings (SSSR count). The second-order valence-corrected chi connectivity index (χ2v) is 4.75. The third-order valence-electron chi connectivity index (χ3n) is 3.15. The molecule has 1 aromatic heterocycles. The summed E-state index contributed by atoms with van der Waals surface area (Å²) in [7, 11) is 0. The number of halogens is 1. The van der Waals surface area contributed by atoms with Gasteiger partial charge in [-0.3, -0.25) is 10.8 Å². The summed E-state index contributed by atoms with van der Waals surface area (Å²) >= 11 is 6.16. The molecule has 1 aromatic carbocycles. The fourth-order valence-corrected chi connectivity index (χ4v) is 2.16. The van der Waals surface area contributed by atoms with Crippen LogP contribution in [0.3, 0.4) is 0 Å². The van der Waals surface area contributed by atoms with E-state index in [0.29, 0.717) is 5.02 Å². The van der Waals surface area contributed by atoms with E-state index in [1.807, 2.05) is 6.07 Å². The van der Waals surface area contributed by atoms with Gasteiger partial charge in [0.15, 0.2) is 0 Å². The molecule has 0 radical (unpaired) electrons. The first-order valence-corrected chi connectivity index (χ1v) is 6.14. The minimum absolute atomic E-state index is 0.125. The zero-order chi connectivity index (χ0) is 13.1. The average molecular weight is 262 g/mol. The molecule has 0 spiro atoms. The molecule has 0 aliphatic rings. The third-order valence-corrected chi connectivity index (χ3v) is 3.46. The summed E-state index contributed by atoms with van der Waals surface area (Å²) in [4.78, 5) is 3.99. The number of pyridine rings is 1. The number of aromatic nitrogens is 1. The van der Waals surface area contributed by atoms with Gasteiger partial charge in [0.1, 0.15) is 0 Å². The predicted molar refractivity (Wildman–Crippen MR) is 74.3 cm³/mol. The van der Waals surface area contributed by atoms with Crippen molar-refractivity contribution in [1.82, 2.24) is 10.4 Å². The van der Waals surface area contributed by atoms with Crippen LogP contribution in [0.5, 0.6) is 0 Å². The zero-order valence-corrected chi connectivity index (χ0v) is 11.2. The second-order valence-electron chi connectivity index (χ2n) is 4.34. The van der Waals surface area contributed by atoms with E-state index >= 15 is 0 Å². The summed E-state index contributed by atoms with van der Waals surface area (Å²) < 4.78 is 0. The summed E-state index contributed by atoms with van der Waals surface area (Å²) in [5, 5.41) is 0.610. The first-order valence-electron chi connectivity index (χ1n) is 5.76. The van der Waals surface area contributed by atoms with Crippen LogP contribution < -0.4 is 11.3 Å². The van der Waals surface area contributed by atoms with E-state index in [-0.39, 0.29) is 6.04 Å². The molecular weight excluding hydrogens is 246 g/mol. The summed E-state index contributed by atoms with van der Waals surface area (Å²) in [5.41, 5.74) is 7.32. The summed E-state index contributed by atoms with van der Waals surface area (Å²) in [5.74, 6) is 5.66. The Bertz CT molecular complexity index is 554. The monoisotopic (exact) mass is 261 g/mol. The highest BCUT2D eigenvalue weighted by Crippen LogP contribution is 2.27. The standard InChI is InChI=1S/C14H16ClN3/c1-9-3-4-11(7-10(9)2)14(18-16)12-5-6-17-8-13(12)15/h3-8,14,18H,16H2,1-2H3. The SMILES string of the molecule is Cc1ccc(C(NN)c2ccncc2Cl)cc1C. The van der Waals surface area contributed by atoms with Crippen molar-refractivity contribution in [3.63, 3.8) is 0 Å². The highest BCUT2D eigenvalue weighted by atomic mass is 35.5. The molecule has 1 atom stereocenters. The smallest absolute Gasteiger partial charge is 0.0725 e. The van der Waals surface area contributed by atoms with Gasteiger partial charge in [-0.25, -0.2) is 5.43 Å². The molecule has 1 heterocycles. The molecule has 18 heavy (non-hydrogen) atoms. The fourth-order valence-electron chi connectivity index (χ4n) is 1.93. The molecule has 94 valence electrons. The number of rotatable bonds is 3. The first-order chi connectivity index (χ1) is 8.63. The summed E-state index contributed by atoms with van der Waals surface area (Å²) in [6.07, 6.45) is 3.34. The van der Waals surface area contributed by atoms with Gasteiger partial charge in [0.2, 0.25) is 0 Å². The largest absolute Gasteiger partial charge is 0.271 e. The number of nitrogens with one attached hydrogen (secondary N) is 1. The van der Waals surface area contributed by atoms with Crippen LogP contribution in [0.25, 0.3) is 0 Å². The Hall–Kier alpha value is -1.42. The van der Waals surface area contributed by atoms with Crippen LogP contribution in [-0.4, -0.2) is 4.98 Å². The lowest BCUT2D eigenvalue weighted by Gasteiger charge is -2.19. The number of nitrogens with two attached hydrogens (primary N) is 1. The van der Waals surface area contributed by atoms with Crippen LogP contribution in [0.15, 0.2) is 36.7 Å². The molecule has 4 heteroatoms. The number of hydrazine groups is 1. The highest BCUT2D eigenvalue weighted by molar-refractivity contribution is 6.31. The molecule has 0 saturated heterocycles. The van der Waals surface area contributed by atoms with Crippen molar-refractivity contribution < 1.29 is 0 Å². The van der Waals surface area contributed by atoms with E-state index in [1.165, 1.54) is 11.1 Å². The molecule has 2 aromatic rings. The van der Waals surface area contributed by atoms with E-state index in [9.17, 15) is 0 Å². The van der Waals surface area contributed by atoms with Gasteiger partial charge in [-0.2, -0.15) is 0 Å². The normalized spacial score (nSPS) is 12.4. The van der Waals surface area contributed by atoms with Crippen LogP contribution in [0.4, 0.5) is 0 Å². The molecule has 0 aliphatic carbocycles. The van der Waals surface area contributed by atoms with E-state index in [4.69, 9.17) is 17.4 Å². The Labute approximate surface area is 112 Å². The molecule has 1 unspecified atom stereocenters. The highest BCUT2D eigenvalue weighted by Gasteiger charge is 2.15. The zero-order valence-electron chi connectivity index (χ0n) is 10.4. The van der Waals surface area contributed by atoms with Crippen LogP contribution in [-0.2, 0) is 0 Å². The maximum Gasteiger partial charge on any atom is 0.0725 e. The van der Waals surface area contributed by atoms with Crippen LogP contribution >= 0.6 is 11.6 Å². The van der Waals surface area contributed by atoms with Crippen molar-refractivity contribution >= 4 is 11.6 Å². The van der Waals surface area contributed by atoms with Crippen molar-refractivity contribution in [2.75, 3.05) is 0 Å².